The molecule has 0 radical (unpaired) electrons. The molecule has 1 atom stereocenters. The third-order valence-electron chi connectivity index (χ3n) is 5.99. The van der Waals surface area contributed by atoms with Crippen LogP contribution in [0, 0.1) is 0 Å². The van der Waals surface area contributed by atoms with Gasteiger partial charge in [-0.05, 0) is 48.1 Å². The second-order valence-corrected chi connectivity index (χ2v) is 7.88. The zero-order valence-electron chi connectivity index (χ0n) is 18.7. The molecule has 1 N–H and O–H groups in total. The van der Waals surface area contributed by atoms with Crippen LogP contribution in [0.3, 0.4) is 0 Å². The quantitative estimate of drug-likeness (QED) is 0.524. The average Bonchev–Trinajstić information content (AvgIpc) is 3.10. The Kier molecular flexibility index (Phi) is 6.30. The van der Waals surface area contributed by atoms with Gasteiger partial charge in [0.25, 0.3) is 5.91 Å². The van der Waals surface area contributed by atoms with Crippen LogP contribution < -0.4 is 19.7 Å². The van der Waals surface area contributed by atoms with Gasteiger partial charge in [0.15, 0.2) is 11.5 Å². The lowest BCUT2D eigenvalue weighted by molar-refractivity contribution is -0.121. The minimum atomic E-state index is -0.117. The predicted molar refractivity (Wildman–Crippen MR) is 126 cm³/mol. The van der Waals surface area contributed by atoms with E-state index in [0.29, 0.717) is 30.9 Å². The smallest absolute Gasteiger partial charge is 0.258 e. The number of benzene rings is 3. The molecule has 0 aliphatic carbocycles. The maximum Gasteiger partial charge on any atom is 0.258 e. The third kappa shape index (κ3) is 4.00. The molecule has 1 aliphatic heterocycles. The average molecular weight is 433 g/mol. The molecule has 6 nitrogen and oxygen atoms in total. The molecule has 0 saturated carbocycles. The normalized spacial score (nSPS) is 13.3. The maximum absolute atomic E-state index is 12.9. The van der Waals surface area contributed by atoms with Crippen molar-refractivity contribution in [1.29, 1.82) is 0 Å². The highest BCUT2D eigenvalue weighted by molar-refractivity contribution is 6.25. The SMILES string of the molecule is CC[C@H](NC(=O)CCCN1C(=O)c2cccc3cccc1c23)c1ccc(OC)c(OC)c1. The molecule has 1 heterocycles. The number of amides is 2. The Bertz CT molecular complexity index is 1150. The van der Waals surface area contributed by atoms with E-state index in [1.165, 1.54) is 0 Å². The molecule has 3 aromatic carbocycles. The Morgan fingerprint density at radius 2 is 1.78 bits per heavy atom. The summed E-state index contributed by atoms with van der Waals surface area (Å²) in [6, 6.07) is 17.3. The zero-order valence-corrected chi connectivity index (χ0v) is 18.7. The van der Waals surface area contributed by atoms with Crippen LogP contribution in [0.15, 0.2) is 54.6 Å². The summed E-state index contributed by atoms with van der Waals surface area (Å²) in [5, 5.41) is 5.17. The first-order valence-corrected chi connectivity index (χ1v) is 10.9. The molecule has 1 aliphatic rings. The molecule has 0 bridgehead atoms. The van der Waals surface area contributed by atoms with Gasteiger partial charge in [0.05, 0.1) is 25.9 Å². The first-order chi connectivity index (χ1) is 15.6. The van der Waals surface area contributed by atoms with Gasteiger partial charge in [-0.3, -0.25) is 9.59 Å². The molecular formula is C26H28N2O4. The molecule has 3 aromatic rings. The van der Waals surface area contributed by atoms with E-state index in [1.807, 2.05) is 61.5 Å². The van der Waals surface area contributed by atoms with Crippen LogP contribution in [-0.2, 0) is 4.79 Å². The summed E-state index contributed by atoms with van der Waals surface area (Å²) < 4.78 is 10.7. The van der Waals surface area contributed by atoms with Crippen LogP contribution in [0.1, 0.15) is 48.1 Å². The predicted octanol–water partition coefficient (Wildman–Crippen LogP) is 4.86. The highest BCUT2D eigenvalue weighted by Crippen LogP contribution is 2.37. The Labute approximate surface area is 188 Å². The van der Waals surface area contributed by atoms with Gasteiger partial charge in [-0.25, -0.2) is 0 Å². The summed E-state index contributed by atoms with van der Waals surface area (Å²) in [6.07, 6.45) is 1.69. The van der Waals surface area contributed by atoms with E-state index in [-0.39, 0.29) is 17.9 Å². The number of hydrogen-bond donors (Lipinski definition) is 1. The van der Waals surface area contributed by atoms with Gasteiger partial charge < -0.3 is 19.7 Å². The Balaban J connectivity index is 1.37. The van der Waals surface area contributed by atoms with Crippen molar-refractivity contribution in [2.75, 3.05) is 25.7 Å². The highest BCUT2D eigenvalue weighted by atomic mass is 16.5. The Morgan fingerprint density at radius 1 is 1.03 bits per heavy atom. The first-order valence-electron chi connectivity index (χ1n) is 10.9. The Morgan fingerprint density at radius 3 is 2.50 bits per heavy atom. The molecule has 0 saturated heterocycles. The van der Waals surface area contributed by atoms with E-state index in [1.54, 1.807) is 19.1 Å². The zero-order chi connectivity index (χ0) is 22.7. The minimum Gasteiger partial charge on any atom is -0.493 e. The van der Waals surface area contributed by atoms with E-state index < -0.39 is 0 Å². The number of nitrogens with zero attached hydrogens (tertiary/aromatic N) is 1. The molecule has 2 amide bonds. The third-order valence-corrected chi connectivity index (χ3v) is 5.99. The van der Waals surface area contributed by atoms with Crippen LogP contribution in [0.25, 0.3) is 10.8 Å². The number of carbonyl (C=O) groups is 2. The van der Waals surface area contributed by atoms with Crippen LogP contribution in [0.4, 0.5) is 5.69 Å². The molecule has 0 unspecified atom stereocenters. The number of hydrogen-bond acceptors (Lipinski definition) is 4. The summed E-state index contributed by atoms with van der Waals surface area (Å²) in [7, 11) is 3.19. The van der Waals surface area contributed by atoms with Gasteiger partial charge in [-0.2, -0.15) is 0 Å². The van der Waals surface area contributed by atoms with Crippen molar-refractivity contribution in [1.82, 2.24) is 5.32 Å². The minimum absolute atomic E-state index is 0.00831. The van der Waals surface area contributed by atoms with Crippen molar-refractivity contribution in [3.63, 3.8) is 0 Å². The number of carbonyl (C=O) groups excluding carboxylic acids is 2. The van der Waals surface area contributed by atoms with Gasteiger partial charge in [0.1, 0.15) is 0 Å². The number of methoxy groups -OCH3 is 2. The number of anilines is 1. The van der Waals surface area contributed by atoms with E-state index in [9.17, 15) is 9.59 Å². The van der Waals surface area contributed by atoms with Crippen molar-refractivity contribution in [3.05, 3.63) is 65.7 Å². The van der Waals surface area contributed by atoms with Gasteiger partial charge in [0.2, 0.25) is 5.91 Å². The fourth-order valence-corrected chi connectivity index (χ4v) is 4.36. The van der Waals surface area contributed by atoms with Crippen molar-refractivity contribution in [2.45, 2.75) is 32.2 Å². The van der Waals surface area contributed by atoms with Crippen molar-refractivity contribution < 1.29 is 19.1 Å². The largest absolute Gasteiger partial charge is 0.493 e. The fourth-order valence-electron chi connectivity index (χ4n) is 4.36. The van der Waals surface area contributed by atoms with Gasteiger partial charge in [-0.15, -0.1) is 0 Å². The van der Waals surface area contributed by atoms with Crippen molar-refractivity contribution in [3.8, 4) is 11.5 Å². The van der Waals surface area contributed by atoms with E-state index >= 15 is 0 Å². The summed E-state index contributed by atoms with van der Waals surface area (Å²) in [5.41, 5.74) is 2.64. The van der Waals surface area contributed by atoms with E-state index in [2.05, 4.69) is 5.32 Å². The Hall–Kier alpha value is -3.54. The van der Waals surface area contributed by atoms with Crippen molar-refractivity contribution in [2.24, 2.45) is 0 Å². The monoisotopic (exact) mass is 432 g/mol. The highest BCUT2D eigenvalue weighted by Gasteiger charge is 2.29. The summed E-state index contributed by atoms with van der Waals surface area (Å²) in [6.45, 7) is 2.54. The van der Waals surface area contributed by atoms with Crippen LogP contribution in [0.5, 0.6) is 11.5 Å². The van der Waals surface area contributed by atoms with Gasteiger partial charge >= 0.3 is 0 Å². The lowest BCUT2D eigenvalue weighted by Crippen LogP contribution is -2.31. The first kappa shape index (κ1) is 21.7. The standard InChI is InChI=1S/C26H28N2O4/c1-4-20(18-13-14-22(31-2)23(16-18)32-3)27-24(29)12-7-15-28-21-11-6-9-17-8-5-10-19(25(17)21)26(28)30/h5-6,8-11,13-14,16,20H,4,7,12,15H2,1-3H3,(H,27,29)/t20-/m0/s1. The second kappa shape index (κ2) is 9.30. The molecule has 6 heteroatoms. The van der Waals surface area contributed by atoms with E-state index in [0.717, 1.165) is 34.0 Å². The maximum atomic E-state index is 12.9. The molecule has 32 heavy (non-hydrogen) atoms. The summed E-state index contributed by atoms with van der Waals surface area (Å²) in [5.74, 6) is 1.27. The topological polar surface area (TPSA) is 67.9 Å². The molecule has 0 aromatic heterocycles. The fraction of sp³-hybridized carbons (Fsp3) is 0.308. The molecule has 0 spiro atoms. The van der Waals surface area contributed by atoms with E-state index in [4.69, 9.17) is 9.47 Å². The summed E-state index contributed by atoms with van der Waals surface area (Å²) in [4.78, 5) is 27.3. The summed E-state index contributed by atoms with van der Waals surface area (Å²) >= 11 is 0. The number of nitrogens with one attached hydrogen (secondary N) is 1. The van der Waals surface area contributed by atoms with Gasteiger partial charge in [0, 0.05) is 23.9 Å². The molecule has 0 fully saturated rings. The van der Waals surface area contributed by atoms with Crippen LogP contribution >= 0.6 is 0 Å². The van der Waals surface area contributed by atoms with Gasteiger partial charge in [-0.1, -0.05) is 37.3 Å². The molecule has 166 valence electrons. The number of rotatable bonds is 9. The molecule has 4 rings (SSSR count). The second-order valence-electron chi connectivity index (χ2n) is 7.88. The molecular weight excluding hydrogens is 404 g/mol. The number of ether oxygens (including phenoxy) is 2. The van der Waals surface area contributed by atoms with Crippen LogP contribution in [0.2, 0.25) is 0 Å². The van der Waals surface area contributed by atoms with Crippen molar-refractivity contribution >= 4 is 28.3 Å². The lowest BCUT2D eigenvalue weighted by Gasteiger charge is -2.20. The van der Waals surface area contributed by atoms with Crippen LogP contribution in [-0.4, -0.2) is 32.6 Å². The lowest BCUT2D eigenvalue weighted by atomic mass is 10.0.